The van der Waals surface area contributed by atoms with Gasteiger partial charge in [0.1, 0.15) is 0 Å². The largest absolute Gasteiger partial charge is 0.307 e. The number of hydrogen-bond acceptors (Lipinski definition) is 2. The summed E-state index contributed by atoms with van der Waals surface area (Å²) in [5.74, 6) is -0.652. The average Bonchev–Trinajstić information content (AvgIpc) is 3.63. The molecule has 0 aliphatic carbocycles. The van der Waals surface area contributed by atoms with Crippen molar-refractivity contribution in [2.75, 3.05) is 4.90 Å². The zero-order chi connectivity index (χ0) is 33.9. The molecule has 4 nitrogen and oxygen atoms in total. The Balaban J connectivity index is 1.30. The molecule has 1 aliphatic rings. The van der Waals surface area contributed by atoms with Gasteiger partial charge in [0, 0.05) is 21.9 Å². The number of carbonyl (C=O) groups excluding carboxylic acids is 2. The maximum Gasteiger partial charge on any atom is 0.268 e. The highest BCUT2D eigenvalue weighted by Gasteiger charge is 2.39. The molecule has 238 valence electrons. The van der Waals surface area contributed by atoms with Crippen molar-refractivity contribution in [1.29, 1.82) is 0 Å². The van der Waals surface area contributed by atoms with Gasteiger partial charge < -0.3 is 4.57 Å². The Hall–Kier alpha value is -6.52. The van der Waals surface area contributed by atoms with Crippen LogP contribution in [-0.2, 0) is 0 Å². The van der Waals surface area contributed by atoms with Gasteiger partial charge >= 0.3 is 0 Å². The summed E-state index contributed by atoms with van der Waals surface area (Å²) >= 11 is 0. The highest BCUT2D eigenvalue weighted by Crippen LogP contribution is 2.44. The fourth-order valence-corrected chi connectivity index (χ4v) is 7.41. The maximum absolute atomic E-state index is 14.6. The zero-order valence-corrected chi connectivity index (χ0v) is 27.7. The minimum absolute atomic E-state index is 0.322. The van der Waals surface area contributed by atoms with Crippen molar-refractivity contribution in [2.24, 2.45) is 0 Å². The summed E-state index contributed by atoms with van der Waals surface area (Å²) in [5.41, 5.74) is 12.7. The van der Waals surface area contributed by atoms with Crippen LogP contribution in [0.2, 0.25) is 0 Å². The predicted molar refractivity (Wildman–Crippen MR) is 204 cm³/mol. The molecule has 0 atom stereocenters. The van der Waals surface area contributed by atoms with E-state index in [-0.39, 0.29) is 11.8 Å². The van der Waals surface area contributed by atoms with Crippen LogP contribution in [-0.4, -0.2) is 16.4 Å². The van der Waals surface area contributed by atoms with Gasteiger partial charge in [-0.05, 0) is 60.4 Å². The number of hydrogen-bond donors (Lipinski definition) is 0. The Labute approximate surface area is 290 Å². The van der Waals surface area contributed by atoms with Crippen molar-refractivity contribution in [2.45, 2.75) is 13.8 Å². The number of para-hydroxylation sites is 2. The number of rotatable bonds is 5. The molecule has 0 fully saturated rings. The molecule has 2 heterocycles. The maximum atomic E-state index is 14.6. The summed E-state index contributed by atoms with van der Waals surface area (Å²) in [6.07, 6.45) is 0. The third-order valence-electron chi connectivity index (χ3n) is 9.90. The smallest absolute Gasteiger partial charge is 0.268 e. The number of aromatic nitrogens is 1. The summed E-state index contributed by atoms with van der Waals surface area (Å²) in [5, 5.41) is 2.16. The molecule has 4 heteroatoms. The summed E-state index contributed by atoms with van der Waals surface area (Å²) in [6.45, 7) is 4.18. The summed E-state index contributed by atoms with van der Waals surface area (Å²) < 4.78 is 2.22. The van der Waals surface area contributed by atoms with Crippen LogP contribution in [0.5, 0.6) is 0 Å². The molecule has 0 radical (unpaired) electrons. The van der Waals surface area contributed by atoms with Crippen molar-refractivity contribution < 1.29 is 9.59 Å². The van der Waals surface area contributed by atoms with Gasteiger partial charge in [-0.25, -0.2) is 4.90 Å². The third kappa shape index (κ3) is 4.61. The minimum atomic E-state index is -0.330. The Morgan fingerprint density at radius 2 is 0.880 bits per heavy atom. The molecular weight excluding hydrogens is 613 g/mol. The van der Waals surface area contributed by atoms with E-state index in [1.807, 2.05) is 66.7 Å². The van der Waals surface area contributed by atoms with E-state index in [9.17, 15) is 9.59 Å². The third-order valence-corrected chi connectivity index (χ3v) is 9.90. The second kappa shape index (κ2) is 11.6. The first-order valence-corrected chi connectivity index (χ1v) is 16.9. The monoisotopic (exact) mass is 644 g/mol. The number of aryl methyl sites for hydroxylation is 2. The molecule has 0 saturated carbocycles. The van der Waals surface area contributed by atoms with Gasteiger partial charge in [-0.3, -0.25) is 9.59 Å². The molecule has 0 bridgehead atoms. The SMILES string of the molecule is Cc1ccc(-c2cccc3c4cccc(-c5ccc(C)cc5)c4n(-c4cccc5c4C(=O)N(c4ccc(-c6ccccc6)cc4)C5=O)c23)cc1. The molecule has 0 N–H and O–H groups in total. The Morgan fingerprint density at radius 3 is 1.44 bits per heavy atom. The Bertz CT molecular complexity index is 2510. The topological polar surface area (TPSA) is 42.3 Å². The molecule has 0 spiro atoms. The molecule has 9 rings (SSSR count). The van der Waals surface area contributed by atoms with Gasteiger partial charge in [-0.15, -0.1) is 0 Å². The fourth-order valence-electron chi connectivity index (χ4n) is 7.41. The number of imide groups is 1. The summed E-state index contributed by atoms with van der Waals surface area (Å²) in [4.78, 5) is 30.1. The number of nitrogens with zero attached hydrogens (tertiary/aromatic N) is 2. The molecule has 8 aromatic rings. The molecule has 1 aromatic heterocycles. The van der Waals surface area contributed by atoms with E-state index in [0.717, 1.165) is 55.2 Å². The molecule has 50 heavy (non-hydrogen) atoms. The van der Waals surface area contributed by atoms with Gasteiger partial charge in [0.25, 0.3) is 11.8 Å². The van der Waals surface area contributed by atoms with Crippen LogP contribution in [0.3, 0.4) is 0 Å². The van der Waals surface area contributed by atoms with Crippen LogP contribution in [0, 0.1) is 13.8 Å². The van der Waals surface area contributed by atoms with Crippen molar-refractivity contribution in [3.63, 3.8) is 0 Å². The van der Waals surface area contributed by atoms with Crippen molar-refractivity contribution in [1.82, 2.24) is 4.57 Å². The number of anilines is 1. The predicted octanol–water partition coefficient (Wildman–Crippen LogP) is 11.2. The lowest BCUT2D eigenvalue weighted by atomic mass is 9.99. The van der Waals surface area contributed by atoms with E-state index >= 15 is 0 Å². The zero-order valence-electron chi connectivity index (χ0n) is 27.7. The summed E-state index contributed by atoms with van der Waals surface area (Å²) in [6, 6.07) is 53.3. The van der Waals surface area contributed by atoms with Crippen LogP contribution >= 0.6 is 0 Å². The van der Waals surface area contributed by atoms with E-state index in [1.54, 1.807) is 6.07 Å². The average molecular weight is 645 g/mol. The van der Waals surface area contributed by atoms with Gasteiger partial charge in [-0.2, -0.15) is 0 Å². The van der Waals surface area contributed by atoms with E-state index in [1.165, 1.54) is 16.0 Å². The molecule has 7 aromatic carbocycles. The van der Waals surface area contributed by atoms with Gasteiger partial charge in [0.05, 0.1) is 33.5 Å². The standard InChI is InChI=1S/C46H32N2O2/c1-29-17-21-33(22-18-29)36-11-6-13-38-39-14-7-12-37(34-23-19-30(2)20-24-34)44(39)48(43(36)38)41-16-8-15-40-42(41)46(50)47(45(40)49)35-27-25-32(26-28-35)31-9-4-3-5-10-31/h3-28H,1-2H3. The molecule has 1 aliphatic heterocycles. The quantitative estimate of drug-likeness (QED) is 0.175. The molecular formula is C46H32N2O2. The van der Waals surface area contributed by atoms with Crippen LogP contribution in [0.25, 0.3) is 60.9 Å². The van der Waals surface area contributed by atoms with Crippen LogP contribution in [0.4, 0.5) is 5.69 Å². The molecule has 2 amide bonds. The lowest BCUT2D eigenvalue weighted by Crippen LogP contribution is -2.29. The van der Waals surface area contributed by atoms with E-state index < -0.39 is 0 Å². The van der Waals surface area contributed by atoms with E-state index in [4.69, 9.17) is 0 Å². The van der Waals surface area contributed by atoms with E-state index in [2.05, 4.69) is 103 Å². The van der Waals surface area contributed by atoms with Crippen LogP contribution < -0.4 is 4.90 Å². The Kier molecular flexibility index (Phi) is 6.85. The van der Waals surface area contributed by atoms with Crippen molar-refractivity contribution >= 4 is 39.3 Å². The first kappa shape index (κ1) is 29.6. The van der Waals surface area contributed by atoms with Crippen LogP contribution in [0.1, 0.15) is 31.8 Å². The number of benzene rings is 7. The first-order valence-electron chi connectivity index (χ1n) is 16.9. The van der Waals surface area contributed by atoms with Gasteiger partial charge in [0.15, 0.2) is 0 Å². The number of amides is 2. The normalized spacial score (nSPS) is 12.6. The molecule has 0 unspecified atom stereocenters. The number of carbonyl (C=O) groups is 2. The summed E-state index contributed by atoms with van der Waals surface area (Å²) in [7, 11) is 0. The molecule has 0 saturated heterocycles. The highest BCUT2D eigenvalue weighted by molar-refractivity contribution is 6.36. The lowest BCUT2D eigenvalue weighted by molar-refractivity contribution is 0.0926. The highest BCUT2D eigenvalue weighted by atomic mass is 16.2. The van der Waals surface area contributed by atoms with Crippen LogP contribution in [0.15, 0.2) is 158 Å². The minimum Gasteiger partial charge on any atom is -0.307 e. The van der Waals surface area contributed by atoms with E-state index in [0.29, 0.717) is 22.5 Å². The second-order valence-corrected chi connectivity index (χ2v) is 13.0. The lowest BCUT2D eigenvalue weighted by Gasteiger charge is -2.17. The number of fused-ring (bicyclic) bond motifs is 4. The van der Waals surface area contributed by atoms with Crippen molar-refractivity contribution in [3.8, 4) is 39.1 Å². The van der Waals surface area contributed by atoms with Crippen molar-refractivity contribution in [3.05, 3.63) is 180 Å². The fraction of sp³-hybridized carbons (Fsp3) is 0.0435. The Morgan fingerprint density at radius 1 is 0.400 bits per heavy atom. The second-order valence-electron chi connectivity index (χ2n) is 13.0. The van der Waals surface area contributed by atoms with Gasteiger partial charge in [-0.1, -0.05) is 145 Å². The van der Waals surface area contributed by atoms with Gasteiger partial charge in [0.2, 0.25) is 0 Å². The first-order chi connectivity index (χ1) is 24.5.